The average molecular weight is 311 g/mol. The van der Waals surface area contributed by atoms with E-state index in [0.29, 0.717) is 12.2 Å². The number of aryl methyl sites for hydroxylation is 3. The molecule has 0 fully saturated rings. The van der Waals surface area contributed by atoms with Crippen LogP contribution in [0.5, 0.6) is 0 Å². The van der Waals surface area contributed by atoms with Crippen LogP contribution in [0, 0.1) is 20.8 Å². The number of unbranched alkanes of at least 4 members (excludes halogenated alkanes) is 1. The van der Waals surface area contributed by atoms with Crippen molar-refractivity contribution in [3.63, 3.8) is 0 Å². The van der Waals surface area contributed by atoms with E-state index in [1.54, 1.807) is 12.3 Å². The van der Waals surface area contributed by atoms with Crippen molar-refractivity contribution < 1.29 is 4.79 Å². The topological polar surface area (TPSA) is 54.0 Å². The zero-order valence-electron chi connectivity index (χ0n) is 14.4. The minimum Gasteiger partial charge on any atom is -0.354 e. The Kier molecular flexibility index (Phi) is 5.74. The first-order chi connectivity index (χ1) is 11.0. The first-order valence-corrected chi connectivity index (χ1v) is 8.10. The molecule has 0 saturated heterocycles. The molecule has 2 N–H and O–H groups in total. The summed E-state index contributed by atoms with van der Waals surface area (Å²) >= 11 is 0. The van der Waals surface area contributed by atoms with E-state index in [4.69, 9.17) is 0 Å². The van der Waals surface area contributed by atoms with Crippen LogP contribution in [0.15, 0.2) is 30.5 Å². The molecule has 0 aliphatic heterocycles. The normalized spacial score (nSPS) is 10.4. The number of benzene rings is 1. The third-order valence-electron chi connectivity index (χ3n) is 3.76. The highest BCUT2D eigenvalue weighted by molar-refractivity contribution is 5.92. The number of rotatable bonds is 6. The van der Waals surface area contributed by atoms with E-state index in [0.717, 1.165) is 24.2 Å². The van der Waals surface area contributed by atoms with E-state index in [1.165, 1.54) is 16.7 Å². The highest BCUT2D eigenvalue weighted by Gasteiger charge is 2.08. The molecule has 1 aromatic heterocycles. The first-order valence-electron chi connectivity index (χ1n) is 8.10. The maximum Gasteiger partial charge on any atom is 0.269 e. The summed E-state index contributed by atoms with van der Waals surface area (Å²) in [6.45, 7) is 9.06. The molecule has 0 aliphatic carbocycles. The Morgan fingerprint density at radius 1 is 1.13 bits per heavy atom. The predicted molar refractivity (Wildman–Crippen MR) is 95.4 cm³/mol. The Balaban J connectivity index is 2.07. The van der Waals surface area contributed by atoms with Gasteiger partial charge in [0.25, 0.3) is 5.91 Å². The zero-order chi connectivity index (χ0) is 16.8. The lowest BCUT2D eigenvalue weighted by Gasteiger charge is -2.14. The number of amides is 1. The van der Waals surface area contributed by atoms with Crippen LogP contribution in [0.1, 0.15) is 46.9 Å². The summed E-state index contributed by atoms with van der Waals surface area (Å²) in [6.07, 6.45) is 3.75. The molecule has 2 aromatic rings. The van der Waals surface area contributed by atoms with Crippen LogP contribution in [0.4, 0.5) is 11.4 Å². The van der Waals surface area contributed by atoms with Crippen LogP contribution < -0.4 is 10.6 Å². The molecule has 23 heavy (non-hydrogen) atoms. The van der Waals surface area contributed by atoms with Gasteiger partial charge in [-0.1, -0.05) is 31.0 Å². The van der Waals surface area contributed by atoms with Crippen molar-refractivity contribution in [1.82, 2.24) is 10.3 Å². The zero-order valence-corrected chi connectivity index (χ0v) is 14.4. The monoisotopic (exact) mass is 311 g/mol. The van der Waals surface area contributed by atoms with Crippen LogP contribution in [0.3, 0.4) is 0 Å². The molecule has 0 bridgehead atoms. The van der Waals surface area contributed by atoms with Gasteiger partial charge >= 0.3 is 0 Å². The Morgan fingerprint density at radius 2 is 1.83 bits per heavy atom. The number of anilines is 2. The van der Waals surface area contributed by atoms with Gasteiger partial charge in [-0.2, -0.15) is 0 Å². The van der Waals surface area contributed by atoms with Gasteiger partial charge in [0.2, 0.25) is 0 Å². The van der Waals surface area contributed by atoms with Crippen molar-refractivity contribution >= 4 is 17.3 Å². The molecule has 0 aliphatic rings. The number of hydrogen-bond acceptors (Lipinski definition) is 3. The highest BCUT2D eigenvalue weighted by Crippen LogP contribution is 2.25. The van der Waals surface area contributed by atoms with Crippen LogP contribution >= 0.6 is 0 Å². The summed E-state index contributed by atoms with van der Waals surface area (Å²) in [6, 6.07) is 7.94. The molecule has 4 heteroatoms. The quantitative estimate of drug-likeness (QED) is 0.783. The van der Waals surface area contributed by atoms with Gasteiger partial charge in [0.05, 0.1) is 11.9 Å². The second-order valence-electron chi connectivity index (χ2n) is 5.94. The lowest BCUT2D eigenvalue weighted by molar-refractivity contribution is 0.0948. The minimum atomic E-state index is -0.118. The fourth-order valence-electron chi connectivity index (χ4n) is 2.59. The van der Waals surface area contributed by atoms with Gasteiger partial charge in [0, 0.05) is 12.2 Å². The van der Waals surface area contributed by atoms with Gasteiger partial charge in [-0.3, -0.25) is 4.79 Å². The van der Waals surface area contributed by atoms with Gasteiger partial charge < -0.3 is 10.6 Å². The van der Waals surface area contributed by atoms with E-state index >= 15 is 0 Å². The molecule has 122 valence electrons. The van der Waals surface area contributed by atoms with Crippen molar-refractivity contribution in [2.45, 2.75) is 40.5 Å². The van der Waals surface area contributed by atoms with Gasteiger partial charge in [-0.25, -0.2) is 4.98 Å². The predicted octanol–water partition coefficient (Wildman–Crippen LogP) is 4.28. The number of pyridine rings is 1. The molecule has 0 unspecified atom stereocenters. The fraction of sp³-hybridized carbons (Fsp3) is 0.368. The summed E-state index contributed by atoms with van der Waals surface area (Å²) in [5.74, 6) is -0.118. The van der Waals surface area contributed by atoms with Crippen LogP contribution in [-0.4, -0.2) is 17.4 Å². The molecule has 1 aromatic carbocycles. The van der Waals surface area contributed by atoms with Crippen molar-refractivity contribution in [2.24, 2.45) is 0 Å². The van der Waals surface area contributed by atoms with Gasteiger partial charge in [0.1, 0.15) is 5.69 Å². The summed E-state index contributed by atoms with van der Waals surface area (Å²) in [5, 5.41) is 6.26. The third-order valence-corrected chi connectivity index (χ3v) is 3.76. The van der Waals surface area contributed by atoms with Gasteiger partial charge in [-0.15, -0.1) is 0 Å². The second kappa shape index (κ2) is 7.77. The van der Waals surface area contributed by atoms with Crippen molar-refractivity contribution in [3.05, 3.63) is 52.8 Å². The molecule has 1 amide bonds. The molecule has 4 nitrogen and oxygen atoms in total. The lowest BCUT2D eigenvalue weighted by atomic mass is 10.0. The van der Waals surface area contributed by atoms with Crippen LogP contribution in [0.25, 0.3) is 0 Å². The highest BCUT2D eigenvalue weighted by atomic mass is 16.1. The Hall–Kier alpha value is -2.36. The molecule has 0 saturated carbocycles. The second-order valence-corrected chi connectivity index (χ2v) is 5.94. The Morgan fingerprint density at radius 3 is 2.39 bits per heavy atom. The summed E-state index contributed by atoms with van der Waals surface area (Å²) < 4.78 is 0. The summed E-state index contributed by atoms with van der Waals surface area (Å²) in [4.78, 5) is 16.2. The largest absolute Gasteiger partial charge is 0.354 e. The van der Waals surface area contributed by atoms with E-state index in [-0.39, 0.29) is 5.91 Å². The maximum absolute atomic E-state index is 11.9. The van der Waals surface area contributed by atoms with E-state index in [2.05, 4.69) is 55.4 Å². The van der Waals surface area contributed by atoms with E-state index in [1.807, 2.05) is 6.07 Å². The average Bonchev–Trinajstić information content (AvgIpc) is 2.51. The molecule has 2 rings (SSSR count). The summed E-state index contributed by atoms with van der Waals surface area (Å²) in [7, 11) is 0. The minimum absolute atomic E-state index is 0.118. The molecule has 0 spiro atoms. The molecule has 0 radical (unpaired) electrons. The van der Waals surface area contributed by atoms with Crippen LogP contribution in [0.2, 0.25) is 0 Å². The number of carbonyl (C=O) groups is 1. The van der Waals surface area contributed by atoms with E-state index in [9.17, 15) is 4.79 Å². The number of nitrogens with zero attached hydrogens (tertiary/aromatic N) is 1. The van der Waals surface area contributed by atoms with Gasteiger partial charge in [0.15, 0.2) is 0 Å². The van der Waals surface area contributed by atoms with E-state index < -0.39 is 0 Å². The van der Waals surface area contributed by atoms with Crippen molar-refractivity contribution in [1.29, 1.82) is 0 Å². The molecular formula is C19H25N3O. The van der Waals surface area contributed by atoms with Crippen LogP contribution in [-0.2, 0) is 0 Å². The standard InChI is InChI=1S/C19H25N3O/c1-5-6-9-20-19(23)17-8-7-16(12-21-17)22-18-14(3)10-13(2)11-15(18)4/h7-8,10-12,22H,5-6,9H2,1-4H3,(H,20,23). The third kappa shape index (κ3) is 4.55. The molecular weight excluding hydrogens is 286 g/mol. The fourth-order valence-corrected chi connectivity index (χ4v) is 2.59. The SMILES string of the molecule is CCCCNC(=O)c1ccc(Nc2c(C)cc(C)cc2C)cn1. The number of hydrogen-bond donors (Lipinski definition) is 2. The Bertz CT molecular complexity index is 655. The molecule has 0 atom stereocenters. The van der Waals surface area contributed by atoms with Crippen molar-refractivity contribution in [2.75, 3.05) is 11.9 Å². The Labute approximate surface area is 138 Å². The number of carbonyl (C=O) groups excluding carboxylic acids is 1. The first kappa shape index (κ1) is 17.0. The van der Waals surface area contributed by atoms with Gasteiger partial charge in [-0.05, 0) is 50.5 Å². The molecule has 1 heterocycles. The smallest absolute Gasteiger partial charge is 0.269 e. The lowest BCUT2D eigenvalue weighted by Crippen LogP contribution is -2.25. The number of aromatic nitrogens is 1. The summed E-state index contributed by atoms with van der Waals surface area (Å²) in [5.41, 5.74) is 6.07. The number of nitrogens with one attached hydrogen (secondary N) is 2. The van der Waals surface area contributed by atoms with Crippen molar-refractivity contribution in [3.8, 4) is 0 Å². The maximum atomic E-state index is 11.9.